The Morgan fingerprint density at radius 2 is 1.91 bits per heavy atom. The molecule has 4 rings (SSSR count). The SMILES string of the molecule is Cc1ccc(C(=O)NCc2nnc(SCc3ccc(Br)cc3)n2-c2cccc(Cl)c2)cc1[N+](=O)[O-]. The van der Waals surface area contributed by atoms with Crippen molar-refractivity contribution in [1.29, 1.82) is 0 Å². The topological polar surface area (TPSA) is 103 Å². The molecule has 0 aliphatic heterocycles. The molecule has 0 saturated carbocycles. The summed E-state index contributed by atoms with van der Waals surface area (Å²) in [7, 11) is 0. The van der Waals surface area contributed by atoms with Gasteiger partial charge in [0.05, 0.1) is 17.2 Å². The van der Waals surface area contributed by atoms with E-state index in [2.05, 4.69) is 31.4 Å². The molecule has 0 fully saturated rings. The summed E-state index contributed by atoms with van der Waals surface area (Å²) >= 11 is 11.2. The fraction of sp³-hybridized carbons (Fsp3) is 0.125. The normalized spacial score (nSPS) is 10.8. The van der Waals surface area contributed by atoms with Gasteiger partial charge in [0, 0.05) is 32.4 Å². The number of nitro benzene ring substituents is 1. The van der Waals surface area contributed by atoms with Gasteiger partial charge in [-0.15, -0.1) is 10.2 Å². The Labute approximate surface area is 219 Å². The van der Waals surface area contributed by atoms with Gasteiger partial charge in [-0.3, -0.25) is 19.5 Å². The van der Waals surface area contributed by atoms with Gasteiger partial charge in [-0.25, -0.2) is 0 Å². The van der Waals surface area contributed by atoms with E-state index in [0.29, 0.717) is 27.3 Å². The third kappa shape index (κ3) is 6.08. The molecule has 0 aliphatic rings. The van der Waals surface area contributed by atoms with Gasteiger partial charge in [-0.05, 0) is 48.9 Å². The molecule has 4 aromatic rings. The van der Waals surface area contributed by atoms with Crippen LogP contribution in [0.3, 0.4) is 0 Å². The minimum absolute atomic E-state index is 0.0683. The molecule has 1 aromatic heterocycles. The van der Waals surface area contributed by atoms with E-state index in [1.807, 2.05) is 41.0 Å². The maximum absolute atomic E-state index is 12.7. The van der Waals surface area contributed by atoms with Gasteiger partial charge in [0.2, 0.25) is 0 Å². The molecule has 0 radical (unpaired) electrons. The smallest absolute Gasteiger partial charge is 0.273 e. The lowest BCUT2D eigenvalue weighted by molar-refractivity contribution is -0.385. The van der Waals surface area contributed by atoms with Crippen LogP contribution in [-0.2, 0) is 12.3 Å². The summed E-state index contributed by atoms with van der Waals surface area (Å²) in [6.45, 7) is 1.69. The van der Waals surface area contributed by atoms with E-state index in [9.17, 15) is 14.9 Å². The Morgan fingerprint density at radius 1 is 1.14 bits per heavy atom. The number of aromatic nitrogens is 3. The first kappa shape index (κ1) is 24.9. The third-order valence-corrected chi connectivity index (χ3v) is 6.89. The molecule has 0 atom stereocenters. The number of benzene rings is 3. The number of nitrogens with zero attached hydrogens (tertiary/aromatic N) is 4. The fourth-order valence-electron chi connectivity index (χ4n) is 3.32. The highest BCUT2D eigenvalue weighted by molar-refractivity contribution is 9.10. The van der Waals surface area contributed by atoms with E-state index < -0.39 is 10.8 Å². The molecule has 3 aromatic carbocycles. The highest BCUT2D eigenvalue weighted by Crippen LogP contribution is 2.27. The zero-order valence-corrected chi connectivity index (χ0v) is 21.6. The van der Waals surface area contributed by atoms with Crippen LogP contribution < -0.4 is 5.32 Å². The molecule has 35 heavy (non-hydrogen) atoms. The number of thioether (sulfide) groups is 1. The minimum atomic E-state index is -0.503. The molecule has 8 nitrogen and oxygen atoms in total. The van der Waals surface area contributed by atoms with Crippen LogP contribution in [0.4, 0.5) is 5.69 Å². The van der Waals surface area contributed by atoms with Crippen LogP contribution in [0.1, 0.15) is 27.3 Å². The van der Waals surface area contributed by atoms with E-state index in [1.165, 1.54) is 17.8 Å². The summed E-state index contributed by atoms with van der Waals surface area (Å²) in [5.74, 6) is 0.726. The van der Waals surface area contributed by atoms with E-state index in [-0.39, 0.29) is 17.8 Å². The number of carbonyl (C=O) groups excluding carboxylic acids is 1. The number of rotatable bonds is 8. The first-order valence-corrected chi connectivity index (χ1v) is 12.6. The van der Waals surface area contributed by atoms with Crippen LogP contribution in [-0.4, -0.2) is 25.6 Å². The standard InChI is InChI=1S/C24H19BrClN5O3S/c1-15-5-8-17(11-21(15)31(33)34)23(32)27-13-22-28-29-24(30(22)20-4-2-3-19(26)12-20)35-14-16-6-9-18(25)10-7-16/h2-12H,13-14H2,1H3,(H,27,32). The summed E-state index contributed by atoms with van der Waals surface area (Å²) in [5, 5.41) is 23.8. The second-order valence-corrected chi connectivity index (χ2v) is 9.86. The van der Waals surface area contributed by atoms with Crippen LogP contribution in [0.5, 0.6) is 0 Å². The van der Waals surface area contributed by atoms with Crippen LogP contribution in [0, 0.1) is 17.0 Å². The number of halogens is 2. The van der Waals surface area contributed by atoms with Crippen molar-refractivity contribution < 1.29 is 9.72 Å². The molecule has 11 heteroatoms. The molecule has 1 N–H and O–H groups in total. The molecule has 0 bridgehead atoms. The van der Waals surface area contributed by atoms with Gasteiger partial charge >= 0.3 is 0 Å². The number of hydrogen-bond donors (Lipinski definition) is 1. The van der Waals surface area contributed by atoms with Crippen molar-refractivity contribution in [3.8, 4) is 5.69 Å². The van der Waals surface area contributed by atoms with Gasteiger partial charge in [0.1, 0.15) is 0 Å². The molecule has 0 unspecified atom stereocenters. The van der Waals surface area contributed by atoms with Crippen LogP contribution in [0.2, 0.25) is 5.02 Å². The Balaban J connectivity index is 1.57. The van der Waals surface area contributed by atoms with Crippen LogP contribution in [0.15, 0.2) is 76.4 Å². The summed E-state index contributed by atoms with van der Waals surface area (Å²) < 4.78 is 2.85. The maximum Gasteiger partial charge on any atom is 0.273 e. The Morgan fingerprint density at radius 3 is 2.63 bits per heavy atom. The van der Waals surface area contributed by atoms with E-state index in [1.54, 1.807) is 31.2 Å². The number of aryl methyl sites for hydroxylation is 1. The Kier molecular flexibility index (Phi) is 7.84. The zero-order chi connectivity index (χ0) is 24.9. The molecule has 0 spiro atoms. The third-order valence-electron chi connectivity index (χ3n) is 5.12. The average Bonchev–Trinajstić information content (AvgIpc) is 3.25. The van der Waals surface area contributed by atoms with E-state index in [4.69, 9.17) is 11.6 Å². The first-order chi connectivity index (χ1) is 16.8. The number of hydrogen-bond acceptors (Lipinski definition) is 6. The zero-order valence-electron chi connectivity index (χ0n) is 18.4. The molecule has 0 saturated heterocycles. The Bertz CT molecular complexity index is 1390. The molecule has 1 heterocycles. The van der Waals surface area contributed by atoms with Crippen molar-refractivity contribution in [2.45, 2.75) is 24.4 Å². The first-order valence-electron chi connectivity index (χ1n) is 10.4. The molecule has 0 aliphatic carbocycles. The monoisotopic (exact) mass is 571 g/mol. The van der Waals surface area contributed by atoms with Gasteiger partial charge in [-0.1, -0.05) is 63.6 Å². The van der Waals surface area contributed by atoms with E-state index in [0.717, 1.165) is 15.7 Å². The minimum Gasteiger partial charge on any atom is -0.345 e. The van der Waals surface area contributed by atoms with Gasteiger partial charge < -0.3 is 5.32 Å². The Hall–Kier alpha value is -3.21. The quantitative estimate of drug-likeness (QED) is 0.155. The maximum atomic E-state index is 12.7. The lowest BCUT2D eigenvalue weighted by Gasteiger charge is -2.12. The van der Waals surface area contributed by atoms with Crippen molar-refractivity contribution in [2.75, 3.05) is 0 Å². The van der Waals surface area contributed by atoms with Crippen molar-refractivity contribution in [2.24, 2.45) is 0 Å². The van der Waals surface area contributed by atoms with Gasteiger partial charge in [-0.2, -0.15) is 0 Å². The van der Waals surface area contributed by atoms with Crippen LogP contribution >= 0.6 is 39.3 Å². The number of amides is 1. The summed E-state index contributed by atoms with van der Waals surface area (Å²) in [6.07, 6.45) is 0. The lowest BCUT2D eigenvalue weighted by atomic mass is 10.1. The lowest BCUT2D eigenvalue weighted by Crippen LogP contribution is -2.24. The molecule has 1 amide bonds. The van der Waals surface area contributed by atoms with Crippen molar-refractivity contribution in [3.05, 3.63) is 109 Å². The highest BCUT2D eigenvalue weighted by atomic mass is 79.9. The number of carbonyl (C=O) groups is 1. The summed E-state index contributed by atoms with van der Waals surface area (Å²) in [4.78, 5) is 23.5. The van der Waals surface area contributed by atoms with Crippen LogP contribution in [0.25, 0.3) is 5.69 Å². The van der Waals surface area contributed by atoms with Crippen molar-refractivity contribution >= 4 is 50.9 Å². The molecule has 178 valence electrons. The van der Waals surface area contributed by atoms with Crippen molar-refractivity contribution in [3.63, 3.8) is 0 Å². The molecular formula is C24H19BrClN5O3S. The second kappa shape index (κ2) is 11.0. The summed E-state index contributed by atoms with van der Waals surface area (Å²) in [5.41, 5.74) is 2.46. The fourth-order valence-corrected chi connectivity index (χ4v) is 4.70. The van der Waals surface area contributed by atoms with Crippen molar-refractivity contribution in [1.82, 2.24) is 20.1 Å². The second-order valence-electron chi connectivity index (χ2n) is 7.57. The number of nitrogens with one attached hydrogen (secondary N) is 1. The molecular weight excluding hydrogens is 554 g/mol. The highest BCUT2D eigenvalue weighted by Gasteiger charge is 2.18. The predicted octanol–water partition coefficient (Wildman–Crippen LogP) is 6.12. The number of nitro groups is 1. The largest absolute Gasteiger partial charge is 0.345 e. The summed E-state index contributed by atoms with van der Waals surface area (Å²) in [6, 6.07) is 19.7. The predicted molar refractivity (Wildman–Crippen MR) is 139 cm³/mol. The van der Waals surface area contributed by atoms with E-state index >= 15 is 0 Å². The average molecular weight is 573 g/mol. The van der Waals surface area contributed by atoms with Gasteiger partial charge in [0.25, 0.3) is 11.6 Å². The van der Waals surface area contributed by atoms with Gasteiger partial charge in [0.15, 0.2) is 11.0 Å².